The van der Waals surface area contributed by atoms with E-state index in [1.54, 1.807) is 11.3 Å². The fourth-order valence-corrected chi connectivity index (χ4v) is 2.05. The van der Waals surface area contributed by atoms with Gasteiger partial charge in [0.2, 0.25) is 0 Å². The Bertz CT molecular complexity index is 298. The van der Waals surface area contributed by atoms with Crippen LogP contribution in [0.5, 0.6) is 0 Å². The summed E-state index contributed by atoms with van der Waals surface area (Å²) in [6.45, 7) is 3.62. The quantitative estimate of drug-likeness (QED) is 0.686. The lowest BCUT2D eigenvalue weighted by Crippen LogP contribution is -2.21. The minimum absolute atomic E-state index is 0.518. The van der Waals surface area contributed by atoms with E-state index in [0.717, 1.165) is 13.0 Å². The molecule has 2 nitrogen and oxygen atoms in total. The average Bonchev–Trinajstić information content (AvgIpc) is 2.48. The van der Waals surface area contributed by atoms with Crippen LogP contribution in [0.1, 0.15) is 10.4 Å². The molecule has 0 spiro atoms. The van der Waals surface area contributed by atoms with Crippen molar-refractivity contribution < 1.29 is 0 Å². The van der Waals surface area contributed by atoms with Gasteiger partial charge in [-0.25, -0.2) is 0 Å². The monoisotopic (exact) mass is 194 g/mol. The smallest absolute Gasteiger partial charge is 0.0863 e. The number of likely N-dealkylation sites (N-methyl/N-ethyl adjacent to an activating group) is 1. The van der Waals surface area contributed by atoms with Crippen LogP contribution in [-0.4, -0.2) is 25.0 Å². The Labute approximate surface area is 83.4 Å². The van der Waals surface area contributed by atoms with Gasteiger partial charge in [-0.2, -0.15) is 5.26 Å². The first-order valence-electron chi connectivity index (χ1n) is 4.32. The molecule has 1 aromatic rings. The Balaban J connectivity index is 2.36. The van der Waals surface area contributed by atoms with Crippen molar-refractivity contribution in [3.05, 3.63) is 21.9 Å². The van der Waals surface area contributed by atoms with Crippen molar-refractivity contribution in [1.29, 1.82) is 5.26 Å². The first-order valence-corrected chi connectivity index (χ1v) is 5.20. The van der Waals surface area contributed by atoms with Gasteiger partial charge in [-0.3, -0.25) is 4.90 Å². The van der Waals surface area contributed by atoms with Crippen LogP contribution in [0.4, 0.5) is 0 Å². The first kappa shape index (κ1) is 10.2. The molecular formula is C10H14N2S. The lowest BCUT2D eigenvalue weighted by molar-refractivity contribution is 0.380. The van der Waals surface area contributed by atoms with Crippen LogP contribution in [0.25, 0.3) is 0 Å². The summed E-state index contributed by atoms with van der Waals surface area (Å²) in [5.41, 5.74) is 1.37. The van der Waals surface area contributed by atoms with Crippen LogP contribution in [-0.2, 0) is 6.42 Å². The normalized spacial score (nSPS) is 10.3. The second kappa shape index (κ2) is 5.00. The number of rotatable bonds is 4. The molecule has 0 aliphatic carbocycles. The minimum Gasteiger partial charge on any atom is -0.293 e. The van der Waals surface area contributed by atoms with Gasteiger partial charge in [-0.1, -0.05) is 0 Å². The Morgan fingerprint density at radius 3 is 2.92 bits per heavy atom. The number of aryl methyl sites for hydroxylation is 1. The van der Waals surface area contributed by atoms with Crippen LogP contribution in [0.3, 0.4) is 0 Å². The molecule has 0 aliphatic rings. The fraction of sp³-hybridized carbons (Fsp3) is 0.500. The van der Waals surface area contributed by atoms with Crippen molar-refractivity contribution in [2.75, 3.05) is 20.1 Å². The predicted octanol–water partition coefficient (Wildman–Crippen LogP) is 2.05. The number of hydrogen-bond acceptors (Lipinski definition) is 3. The van der Waals surface area contributed by atoms with Crippen LogP contribution >= 0.6 is 11.3 Å². The van der Waals surface area contributed by atoms with Crippen molar-refractivity contribution in [1.82, 2.24) is 4.90 Å². The zero-order valence-electron chi connectivity index (χ0n) is 8.08. The predicted molar refractivity (Wildman–Crippen MR) is 55.9 cm³/mol. The van der Waals surface area contributed by atoms with Crippen LogP contribution < -0.4 is 0 Å². The SMILES string of the molecule is Cc1ccsc1CCN(C)CC#N. The minimum atomic E-state index is 0.518. The van der Waals surface area contributed by atoms with Crippen molar-refractivity contribution in [2.45, 2.75) is 13.3 Å². The summed E-state index contributed by atoms with van der Waals surface area (Å²) in [7, 11) is 1.98. The summed E-state index contributed by atoms with van der Waals surface area (Å²) in [6.07, 6.45) is 1.06. The lowest BCUT2D eigenvalue weighted by atomic mass is 10.2. The largest absolute Gasteiger partial charge is 0.293 e. The fourth-order valence-electron chi connectivity index (χ4n) is 1.15. The summed E-state index contributed by atoms with van der Waals surface area (Å²) in [6, 6.07) is 4.28. The molecule has 0 saturated heterocycles. The number of thiophene rings is 1. The highest BCUT2D eigenvalue weighted by Crippen LogP contribution is 2.15. The molecule has 0 amide bonds. The molecule has 0 N–H and O–H groups in total. The second-order valence-electron chi connectivity index (χ2n) is 3.17. The van der Waals surface area contributed by atoms with Crippen molar-refractivity contribution in [3.63, 3.8) is 0 Å². The number of hydrogen-bond donors (Lipinski definition) is 0. The topological polar surface area (TPSA) is 27.0 Å². The van der Waals surface area contributed by atoms with Crippen LogP contribution in [0.15, 0.2) is 11.4 Å². The van der Waals surface area contributed by atoms with E-state index >= 15 is 0 Å². The third-order valence-electron chi connectivity index (χ3n) is 2.03. The highest BCUT2D eigenvalue weighted by atomic mass is 32.1. The van der Waals surface area contributed by atoms with Gasteiger partial charge in [-0.15, -0.1) is 11.3 Å². The van der Waals surface area contributed by atoms with Crippen LogP contribution in [0, 0.1) is 18.3 Å². The van der Waals surface area contributed by atoms with E-state index in [4.69, 9.17) is 5.26 Å². The van der Waals surface area contributed by atoms with Crippen molar-refractivity contribution >= 4 is 11.3 Å². The van der Waals surface area contributed by atoms with E-state index in [1.807, 2.05) is 11.9 Å². The summed E-state index contributed by atoms with van der Waals surface area (Å²) < 4.78 is 0. The Kier molecular flexibility index (Phi) is 3.94. The molecule has 0 saturated carbocycles. The molecule has 0 bridgehead atoms. The molecule has 70 valence electrons. The lowest BCUT2D eigenvalue weighted by Gasteiger charge is -2.11. The highest BCUT2D eigenvalue weighted by Gasteiger charge is 2.01. The maximum Gasteiger partial charge on any atom is 0.0863 e. The molecule has 0 unspecified atom stereocenters. The molecule has 0 aromatic carbocycles. The van der Waals surface area contributed by atoms with Gasteiger partial charge < -0.3 is 0 Å². The maximum atomic E-state index is 8.46. The summed E-state index contributed by atoms with van der Waals surface area (Å²) in [4.78, 5) is 3.48. The summed E-state index contributed by atoms with van der Waals surface area (Å²) in [5, 5.41) is 10.6. The van der Waals surface area contributed by atoms with E-state index in [2.05, 4.69) is 24.4 Å². The summed E-state index contributed by atoms with van der Waals surface area (Å²) in [5.74, 6) is 0. The van der Waals surface area contributed by atoms with E-state index in [9.17, 15) is 0 Å². The molecule has 1 heterocycles. The van der Waals surface area contributed by atoms with Gasteiger partial charge in [0.1, 0.15) is 0 Å². The standard InChI is InChI=1S/C10H14N2S/c1-9-4-8-13-10(9)3-6-12(2)7-5-11/h4,8H,3,6-7H2,1-2H3. The molecule has 3 heteroatoms. The van der Waals surface area contributed by atoms with E-state index in [-0.39, 0.29) is 0 Å². The van der Waals surface area contributed by atoms with E-state index in [0.29, 0.717) is 6.54 Å². The molecule has 1 rings (SSSR count). The molecule has 0 fully saturated rings. The van der Waals surface area contributed by atoms with Gasteiger partial charge in [0.15, 0.2) is 0 Å². The van der Waals surface area contributed by atoms with Gasteiger partial charge in [0.05, 0.1) is 12.6 Å². The molecule has 13 heavy (non-hydrogen) atoms. The first-order chi connectivity index (χ1) is 6.24. The second-order valence-corrected chi connectivity index (χ2v) is 4.17. The Morgan fingerprint density at radius 1 is 1.62 bits per heavy atom. The van der Waals surface area contributed by atoms with Gasteiger partial charge in [0, 0.05) is 11.4 Å². The van der Waals surface area contributed by atoms with Crippen molar-refractivity contribution in [2.24, 2.45) is 0 Å². The molecule has 0 radical (unpaired) electrons. The number of nitriles is 1. The van der Waals surface area contributed by atoms with Crippen LogP contribution in [0.2, 0.25) is 0 Å². The van der Waals surface area contributed by atoms with Gasteiger partial charge in [0.25, 0.3) is 0 Å². The maximum absolute atomic E-state index is 8.46. The molecular weight excluding hydrogens is 180 g/mol. The Hall–Kier alpha value is -0.850. The molecule has 0 atom stereocenters. The van der Waals surface area contributed by atoms with E-state index < -0.39 is 0 Å². The molecule has 0 aliphatic heterocycles. The zero-order chi connectivity index (χ0) is 9.68. The average molecular weight is 194 g/mol. The molecule has 1 aromatic heterocycles. The Morgan fingerprint density at radius 2 is 2.38 bits per heavy atom. The highest BCUT2D eigenvalue weighted by molar-refractivity contribution is 7.10. The number of nitrogens with zero attached hydrogens (tertiary/aromatic N) is 2. The zero-order valence-corrected chi connectivity index (χ0v) is 8.90. The van der Waals surface area contributed by atoms with Crippen molar-refractivity contribution in [3.8, 4) is 6.07 Å². The third-order valence-corrected chi connectivity index (χ3v) is 3.11. The van der Waals surface area contributed by atoms with Gasteiger partial charge in [-0.05, 0) is 37.4 Å². The summed E-state index contributed by atoms with van der Waals surface area (Å²) >= 11 is 1.80. The van der Waals surface area contributed by atoms with E-state index in [1.165, 1.54) is 10.4 Å². The van der Waals surface area contributed by atoms with Gasteiger partial charge >= 0.3 is 0 Å². The third kappa shape index (κ3) is 3.17.